The first kappa shape index (κ1) is 9.67. The smallest absolute Gasteiger partial charge is 0.417 e. The second-order valence-electron chi connectivity index (χ2n) is 1.32. The van der Waals surface area contributed by atoms with Gasteiger partial charge in [-0.15, -0.1) is 0 Å². The lowest BCUT2D eigenvalue weighted by Gasteiger charge is -2.19. The highest BCUT2D eigenvalue weighted by molar-refractivity contribution is 7.35. The van der Waals surface area contributed by atoms with E-state index >= 15 is 0 Å². The Bertz CT molecular complexity index is 74.1. The molecule has 0 unspecified atom stereocenters. The van der Waals surface area contributed by atoms with Gasteiger partial charge in [-0.2, -0.15) is 0 Å². The molecule has 0 saturated carbocycles. The van der Waals surface area contributed by atoms with Gasteiger partial charge in [0.1, 0.15) is 0 Å². The van der Waals surface area contributed by atoms with E-state index in [1.807, 2.05) is 0 Å². The molecule has 0 amide bonds. The highest BCUT2D eigenvalue weighted by Gasteiger charge is 2.38. The Morgan fingerprint density at radius 1 is 1.00 bits per heavy atom. The van der Waals surface area contributed by atoms with Crippen LogP contribution in [0.5, 0.6) is 0 Å². The van der Waals surface area contributed by atoms with E-state index in [-0.39, 0.29) is 0 Å². The van der Waals surface area contributed by atoms with Gasteiger partial charge in [0.05, 0.1) is 19.5 Å². The second kappa shape index (κ2) is 2.73. The lowest BCUT2D eigenvalue weighted by Crippen LogP contribution is -2.54. The summed E-state index contributed by atoms with van der Waals surface area (Å²) < 4.78 is 3.95. The molecule has 0 saturated heterocycles. The Balaban J connectivity index is 3.75. The fraction of sp³-hybridized carbons (Fsp3) is 0. The predicted octanol–water partition coefficient (Wildman–Crippen LogP) is -3.82. The molecule has 0 aliphatic carbocycles. The minimum absolute atomic E-state index is 2.60. The van der Waals surface area contributed by atoms with Gasteiger partial charge in [0.2, 0.25) is 0 Å². The Morgan fingerprint density at radius 3 is 1.33 bits per heavy atom. The average molecular weight is 196 g/mol. The van der Waals surface area contributed by atoms with Crippen LogP contribution in [0, 0.1) is 0 Å². The molecule has 0 rings (SSSR count). The lowest BCUT2D eigenvalue weighted by molar-refractivity contribution is 0.118. The van der Waals surface area contributed by atoms with Gasteiger partial charge in [0, 0.05) is 0 Å². The molecule has 9 heteroatoms. The van der Waals surface area contributed by atoms with E-state index in [1.54, 1.807) is 0 Å². The van der Waals surface area contributed by atoms with Gasteiger partial charge in [-0.3, -0.25) is 0 Å². The number of hydrogen-bond acceptors (Lipinski definition) is 5. The summed E-state index contributed by atoms with van der Waals surface area (Å²) in [5, 5.41) is 0. The fourth-order valence-corrected chi connectivity index (χ4v) is 4.25. The van der Waals surface area contributed by atoms with Crippen molar-refractivity contribution in [2.24, 2.45) is 0 Å². The van der Waals surface area contributed by atoms with E-state index in [1.165, 1.54) is 0 Å². The van der Waals surface area contributed by atoms with Gasteiger partial charge in [-0.05, 0) is 0 Å². The van der Waals surface area contributed by atoms with Crippen molar-refractivity contribution in [1.29, 1.82) is 0 Å². The van der Waals surface area contributed by atoms with Crippen LogP contribution in [0.4, 0.5) is 0 Å². The van der Waals surface area contributed by atoms with Crippen molar-refractivity contribution in [2.75, 3.05) is 0 Å². The Labute approximate surface area is 60.1 Å². The molecule has 5 nitrogen and oxygen atoms in total. The van der Waals surface area contributed by atoms with E-state index in [0.717, 1.165) is 0 Å². The molecule has 50 valence electrons. The molecule has 0 aromatic heterocycles. The summed E-state index contributed by atoms with van der Waals surface area (Å²) in [4.78, 5) is 33.2. The summed E-state index contributed by atoms with van der Waals surface area (Å²) in [5.41, 5.74) is 0. The van der Waals surface area contributed by atoms with Crippen molar-refractivity contribution in [3.63, 3.8) is 0 Å². The minimum Gasteiger partial charge on any atom is -0.417 e. The van der Waals surface area contributed by atoms with Crippen LogP contribution in [0.15, 0.2) is 0 Å². The first-order valence-electron chi connectivity index (χ1n) is 1.80. The maximum absolute atomic E-state index is 8.65. The highest BCUT2D eigenvalue weighted by Crippen LogP contribution is 1.95. The molecule has 9 heavy (non-hydrogen) atoms. The number of hydrogen-bond donors (Lipinski definition) is 4. The Morgan fingerprint density at radius 2 is 1.33 bits per heavy atom. The Hall–Kier alpha value is 0.668. The molecule has 0 aromatic rings. The van der Waals surface area contributed by atoms with E-state index in [4.69, 9.17) is 19.2 Å². The maximum Gasteiger partial charge on any atom is 0.661 e. The monoisotopic (exact) mass is 196 g/mol. The van der Waals surface area contributed by atoms with Crippen LogP contribution in [0.1, 0.15) is 0 Å². The van der Waals surface area contributed by atoms with Crippen LogP contribution in [0.25, 0.3) is 0 Å². The molecule has 4 N–H and O–H groups in total. The molecule has 0 atom stereocenters. The van der Waals surface area contributed by atoms with Crippen LogP contribution in [-0.4, -0.2) is 55.3 Å². The van der Waals surface area contributed by atoms with E-state index in [9.17, 15) is 0 Å². The van der Waals surface area contributed by atoms with E-state index in [2.05, 4.69) is 23.6 Å². The van der Waals surface area contributed by atoms with E-state index in [0.29, 0.717) is 0 Å². The largest absolute Gasteiger partial charge is 0.661 e. The molecule has 0 aromatic carbocycles. The van der Waals surface area contributed by atoms with Crippen LogP contribution < -0.4 is 0 Å². The maximum atomic E-state index is 8.65. The second-order valence-corrected chi connectivity index (χ2v) is 10.1. The zero-order valence-electron chi connectivity index (χ0n) is 4.20. The van der Waals surface area contributed by atoms with E-state index < -0.39 is 16.6 Å². The molecule has 6 radical (unpaired) electrons. The van der Waals surface area contributed by atoms with Crippen molar-refractivity contribution in [3.05, 3.63) is 0 Å². The molecule has 0 heterocycles. The zero-order valence-corrected chi connectivity index (χ0v) is 8.20. The molecule has 0 aliphatic rings. The molecule has 0 spiro atoms. The first-order valence-corrected chi connectivity index (χ1v) is 8.41. The standard InChI is InChI=1S/H4O5Si4/c1-8(2,3)5-9(4,6)7/h1-4H. The van der Waals surface area contributed by atoms with Crippen LogP contribution in [0.2, 0.25) is 0 Å². The molecular weight excluding hydrogens is 192 g/mol. The quantitative estimate of drug-likeness (QED) is 0.340. The summed E-state index contributed by atoms with van der Waals surface area (Å²) in [5.74, 6) is 0. The zero-order chi connectivity index (χ0) is 7.71. The van der Waals surface area contributed by atoms with Gasteiger partial charge in [-0.25, -0.2) is 0 Å². The van der Waals surface area contributed by atoms with Gasteiger partial charge in [0.25, 0.3) is 7.60 Å². The minimum atomic E-state index is -4.58. The molecule has 0 aliphatic heterocycles. The topological polar surface area (TPSA) is 90.2 Å². The summed E-state index contributed by atoms with van der Waals surface area (Å²) in [6, 6.07) is 0. The summed E-state index contributed by atoms with van der Waals surface area (Å²) in [7, 11) is -2.74. The Kier molecular flexibility index (Phi) is 2.93. The van der Waals surface area contributed by atoms with Crippen molar-refractivity contribution in [2.45, 2.75) is 0 Å². The fourth-order valence-electron chi connectivity index (χ4n) is 0.198. The van der Waals surface area contributed by atoms with Crippen molar-refractivity contribution >= 4 is 36.2 Å². The summed E-state index contributed by atoms with van der Waals surface area (Å²) in [6.07, 6.45) is 0. The van der Waals surface area contributed by atoms with Crippen LogP contribution >= 0.6 is 0 Å². The summed E-state index contributed by atoms with van der Waals surface area (Å²) in [6.45, 7) is 0. The molecular formula is H4O5Si4. The van der Waals surface area contributed by atoms with Gasteiger partial charge in [-0.1, -0.05) is 0 Å². The average Bonchev–Trinajstić information content (AvgIpc) is 1.14. The molecule has 0 fully saturated rings. The van der Waals surface area contributed by atoms with Crippen LogP contribution in [-0.2, 0) is 4.12 Å². The summed E-state index contributed by atoms with van der Waals surface area (Å²) >= 11 is 0. The first-order chi connectivity index (χ1) is 3.71. The lowest BCUT2D eigenvalue weighted by atomic mass is 15.6. The SMILES string of the molecule is O[Si](O)(O)O[Si](O)([Si])[Si]. The highest BCUT2D eigenvalue weighted by atomic mass is 29.6. The third kappa shape index (κ3) is 8.67. The third-order valence-electron chi connectivity index (χ3n) is 0.285. The third-order valence-corrected chi connectivity index (χ3v) is 4.40. The van der Waals surface area contributed by atoms with Crippen molar-refractivity contribution in [3.8, 4) is 0 Å². The number of rotatable bonds is 2. The van der Waals surface area contributed by atoms with Gasteiger partial charge < -0.3 is 23.3 Å². The predicted molar refractivity (Wildman–Crippen MR) is 33.0 cm³/mol. The van der Waals surface area contributed by atoms with Gasteiger partial charge in [0.15, 0.2) is 0 Å². The van der Waals surface area contributed by atoms with Crippen LogP contribution in [0.3, 0.4) is 0 Å². The molecule has 0 bridgehead atoms. The van der Waals surface area contributed by atoms with Crippen molar-refractivity contribution < 1.29 is 23.3 Å². The normalized spacial score (nSPS) is 14.0. The van der Waals surface area contributed by atoms with Crippen molar-refractivity contribution in [1.82, 2.24) is 0 Å². The van der Waals surface area contributed by atoms with Gasteiger partial charge >= 0.3 is 9.05 Å².